The highest BCUT2D eigenvalue weighted by atomic mass is 19.1. The smallest absolute Gasteiger partial charge is 0.246 e. The fourth-order valence-corrected chi connectivity index (χ4v) is 4.54. The van der Waals surface area contributed by atoms with Crippen molar-refractivity contribution in [1.29, 1.82) is 0 Å². The van der Waals surface area contributed by atoms with E-state index >= 15 is 0 Å². The van der Waals surface area contributed by atoms with Crippen LogP contribution in [0.15, 0.2) is 31.0 Å². The van der Waals surface area contributed by atoms with Gasteiger partial charge in [-0.25, -0.2) is 9.07 Å². The number of nitrogens with zero attached hydrogens (tertiary/aromatic N) is 6. The zero-order valence-electron chi connectivity index (χ0n) is 17.1. The summed E-state index contributed by atoms with van der Waals surface area (Å²) in [5.41, 5.74) is 0.275. The highest BCUT2D eigenvalue weighted by molar-refractivity contribution is 5.87. The molecule has 2 fully saturated rings. The van der Waals surface area contributed by atoms with E-state index in [1.165, 1.54) is 18.6 Å². The molecule has 2 unspecified atom stereocenters. The summed E-state index contributed by atoms with van der Waals surface area (Å²) in [6.45, 7) is 4.81. The van der Waals surface area contributed by atoms with E-state index in [1.807, 2.05) is 4.68 Å². The van der Waals surface area contributed by atoms with Crippen LogP contribution in [0.4, 0.5) is 4.39 Å². The van der Waals surface area contributed by atoms with Crippen LogP contribution in [0.25, 0.3) is 0 Å². The van der Waals surface area contributed by atoms with Gasteiger partial charge in [-0.3, -0.25) is 15.1 Å². The Labute approximate surface area is 175 Å². The predicted octanol–water partition coefficient (Wildman–Crippen LogP) is 2.57. The molecule has 2 atom stereocenters. The van der Waals surface area contributed by atoms with Gasteiger partial charge in [-0.15, -0.1) is 5.10 Å². The van der Waals surface area contributed by atoms with Crippen molar-refractivity contribution in [2.24, 2.45) is 0 Å². The SMILES string of the molecule is C=CC(=O)N1CCCC(NC(c2ncccc2F)c2nnnn2C2CCCCC2)C1. The van der Waals surface area contributed by atoms with Crippen molar-refractivity contribution in [2.75, 3.05) is 13.1 Å². The number of hydrogen-bond acceptors (Lipinski definition) is 6. The number of piperidine rings is 1. The van der Waals surface area contributed by atoms with E-state index in [0.29, 0.717) is 18.9 Å². The predicted molar refractivity (Wildman–Crippen MR) is 109 cm³/mol. The average Bonchev–Trinajstić information content (AvgIpc) is 3.28. The first-order chi connectivity index (χ1) is 14.7. The van der Waals surface area contributed by atoms with Crippen LogP contribution >= 0.6 is 0 Å². The van der Waals surface area contributed by atoms with E-state index in [-0.39, 0.29) is 23.7 Å². The molecule has 0 spiro atoms. The molecule has 0 radical (unpaired) electrons. The molecule has 9 heteroatoms. The van der Waals surface area contributed by atoms with Gasteiger partial charge in [0.05, 0.1) is 6.04 Å². The minimum Gasteiger partial charge on any atom is -0.338 e. The van der Waals surface area contributed by atoms with Gasteiger partial charge in [0.1, 0.15) is 17.6 Å². The van der Waals surface area contributed by atoms with Crippen LogP contribution in [0.2, 0.25) is 0 Å². The molecule has 1 saturated carbocycles. The maximum absolute atomic E-state index is 14.8. The monoisotopic (exact) mass is 413 g/mol. The molecule has 0 bridgehead atoms. The molecule has 2 aliphatic rings. The molecule has 4 rings (SSSR count). The van der Waals surface area contributed by atoms with Crippen molar-refractivity contribution in [3.8, 4) is 0 Å². The Morgan fingerprint density at radius 3 is 2.87 bits per heavy atom. The third-order valence-electron chi connectivity index (χ3n) is 6.07. The molecule has 2 aromatic heterocycles. The van der Waals surface area contributed by atoms with Crippen molar-refractivity contribution >= 4 is 5.91 Å². The number of amides is 1. The van der Waals surface area contributed by atoms with Crippen molar-refractivity contribution < 1.29 is 9.18 Å². The summed E-state index contributed by atoms with van der Waals surface area (Å²) < 4.78 is 16.6. The minimum absolute atomic E-state index is 0.0226. The van der Waals surface area contributed by atoms with Gasteiger partial charge in [-0.1, -0.05) is 25.8 Å². The number of carbonyl (C=O) groups excluding carboxylic acids is 1. The van der Waals surface area contributed by atoms with Crippen molar-refractivity contribution in [1.82, 2.24) is 35.4 Å². The maximum atomic E-state index is 14.8. The lowest BCUT2D eigenvalue weighted by Gasteiger charge is -2.35. The van der Waals surface area contributed by atoms with Crippen LogP contribution in [0.5, 0.6) is 0 Å². The van der Waals surface area contributed by atoms with Crippen LogP contribution < -0.4 is 5.32 Å². The first-order valence-electron chi connectivity index (χ1n) is 10.7. The van der Waals surface area contributed by atoms with Gasteiger partial charge >= 0.3 is 0 Å². The van der Waals surface area contributed by atoms with Gasteiger partial charge < -0.3 is 4.90 Å². The normalized spacial score (nSPS) is 21.4. The van der Waals surface area contributed by atoms with Gasteiger partial charge in [0.15, 0.2) is 5.82 Å². The standard InChI is InChI=1S/C21H28FN7O/c1-2-18(30)28-13-7-8-15(14-28)24-20(19-17(22)11-6-12-23-19)21-25-26-27-29(21)16-9-4-3-5-10-16/h2,6,11-12,15-16,20,24H,1,3-5,7-10,13-14H2. The number of rotatable bonds is 6. The number of hydrogen-bond donors (Lipinski definition) is 1. The molecule has 1 aliphatic carbocycles. The molecule has 160 valence electrons. The average molecular weight is 414 g/mol. The molecule has 3 heterocycles. The Kier molecular flexibility index (Phi) is 6.47. The number of carbonyl (C=O) groups is 1. The fourth-order valence-electron chi connectivity index (χ4n) is 4.54. The van der Waals surface area contributed by atoms with E-state index in [0.717, 1.165) is 38.5 Å². The quantitative estimate of drug-likeness (QED) is 0.733. The lowest BCUT2D eigenvalue weighted by Crippen LogP contribution is -2.49. The molecule has 1 aliphatic heterocycles. The molecule has 8 nitrogen and oxygen atoms in total. The Hall–Kier alpha value is -2.68. The number of tetrazole rings is 1. The molecular formula is C21H28FN7O. The third-order valence-corrected chi connectivity index (χ3v) is 6.07. The molecule has 30 heavy (non-hydrogen) atoms. The van der Waals surface area contributed by atoms with E-state index < -0.39 is 11.9 Å². The summed E-state index contributed by atoms with van der Waals surface area (Å²) >= 11 is 0. The van der Waals surface area contributed by atoms with Crippen LogP contribution in [-0.4, -0.2) is 55.1 Å². The number of pyridine rings is 1. The van der Waals surface area contributed by atoms with Crippen LogP contribution in [0, 0.1) is 5.82 Å². The number of aromatic nitrogens is 5. The van der Waals surface area contributed by atoms with E-state index in [9.17, 15) is 9.18 Å². The van der Waals surface area contributed by atoms with Crippen molar-refractivity contribution in [3.05, 3.63) is 48.3 Å². The summed E-state index contributed by atoms with van der Waals surface area (Å²) in [5.74, 6) is 0.0869. The van der Waals surface area contributed by atoms with Gasteiger partial charge in [0.25, 0.3) is 0 Å². The Bertz CT molecular complexity index is 880. The zero-order valence-corrected chi connectivity index (χ0v) is 17.1. The first-order valence-corrected chi connectivity index (χ1v) is 10.7. The molecule has 2 aromatic rings. The van der Waals surface area contributed by atoms with Gasteiger partial charge in [0.2, 0.25) is 5.91 Å². The van der Waals surface area contributed by atoms with E-state index in [1.54, 1.807) is 17.2 Å². The second kappa shape index (κ2) is 9.42. The topological polar surface area (TPSA) is 88.8 Å². The zero-order chi connectivity index (χ0) is 20.9. The number of nitrogens with one attached hydrogen (secondary N) is 1. The molecular weight excluding hydrogens is 385 g/mol. The minimum atomic E-state index is -0.591. The summed E-state index contributed by atoms with van der Waals surface area (Å²) in [4.78, 5) is 18.2. The lowest BCUT2D eigenvalue weighted by molar-refractivity contribution is -0.127. The summed E-state index contributed by atoms with van der Waals surface area (Å²) in [6, 6.07) is 2.58. The molecule has 1 saturated heterocycles. The Morgan fingerprint density at radius 2 is 2.10 bits per heavy atom. The number of halogens is 1. The molecule has 1 N–H and O–H groups in total. The van der Waals surface area contributed by atoms with E-state index in [4.69, 9.17) is 0 Å². The lowest BCUT2D eigenvalue weighted by atomic mass is 9.95. The highest BCUT2D eigenvalue weighted by Crippen LogP contribution is 2.31. The fraction of sp³-hybridized carbons (Fsp3) is 0.571. The van der Waals surface area contributed by atoms with Crippen LogP contribution in [0.3, 0.4) is 0 Å². The first kappa shape index (κ1) is 20.6. The van der Waals surface area contributed by atoms with Crippen molar-refractivity contribution in [2.45, 2.75) is 63.1 Å². The van der Waals surface area contributed by atoms with E-state index in [2.05, 4.69) is 32.4 Å². The second-order valence-corrected chi connectivity index (χ2v) is 8.07. The summed E-state index contributed by atoms with van der Waals surface area (Å²) in [7, 11) is 0. The van der Waals surface area contributed by atoms with Gasteiger partial charge in [-0.2, -0.15) is 0 Å². The van der Waals surface area contributed by atoms with Gasteiger partial charge in [-0.05, 0) is 54.3 Å². The number of likely N-dealkylation sites (tertiary alicyclic amines) is 1. The maximum Gasteiger partial charge on any atom is 0.246 e. The van der Waals surface area contributed by atoms with Crippen LogP contribution in [-0.2, 0) is 4.79 Å². The Morgan fingerprint density at radius 1 is 1.27 bits per heavy atom. The molecule has 0 aromatic carbocycles. The molecule has 1 amide bonds. The highest BCUT2D eigenvalue weighted by Gasteiger charge is 2.32. The summed E-state index contributed by atoms with van der Waals surface area (Å²) in [6.07, 6.45) is 10.2. The van der Waals surface area contributed by atoms with Gasteiger partial charge in [0, 0.05) is 25.3 Å². The largest absolute Gasteiger partial charge is 0.338 e. The van der Waals surface area contributed by atoms with Crippen LogP contribution in [0.1, 0.15) is 68.5 Å². The second-order valence-electron chi connectivity index (χ2n) is 8.07. The summed E-state index contributed by atoms with van der Waals surface area (Å²) in [5, 5.41) is 16.0. The van der Waals surface area contributed by atoms with Crippen molar-refractivity contribution in [3.63, 3.8) is 0 Å². The third kappa shape index (κ3) is 4.40. The Balaban J connectivity index is 1.63.